The molecular formula is C22H14N2OS. The third-order valence-electron chi connectivity index (χ3n) is 4.86. The summed E-state index contributed by atoms with van der Waals surface area (Å²) in [6.45, 7) is 0. The van der Waals surface area contributed by atoms with Gasteiger partial charge in [-0.25, -0.2) is 0 Å². The number of thiophene rings is 1. The van der Waals surface area contributed by atoms with Crippen LogP contribution in [0.1, 0.15) is 16.4 Å². The van der Waals surface area contributed by atoms with Crippen molar-refractivity contribution in [2.45, 2.75) is 5.92 Å². The zero-order valence-corrected chi connectivity index (χ0v) is 14.6. The zero-order chi connectivity index (χ0) is 17.7. The van der Waals surface area contributed by atoms with E-state index in [9.17, 15) is 5.26 Å². The Labute approximate surface area is 154 Å². The molecule has 3 nitrogen and oxygen atoms in total. The van der Waals surface area contributed by atoms with Gasteiger partial charge in [-0.1, -0.05) is 54.6 Å². The first-order valence-electron chi connectivity index (χ1n) is 8.34. The van der Waals surface area contributed by atoms with E-state index in [-0.39, 0.29) is 11.8 Å². The Balaban J connectivity index is 1.86. The molecule has 1 aliphatic rings. The van der Waals surface area contributed by atoms with Crippen LogP contribution in [-0.4, -0.2) is 0 Å². The maximum absolute atomic E-state index is 9.80. The van der Waals surface area contributed by atoms with E-state index in [0.29, 0.717) is 5.57 Å². The largest absolute Gasteiger partial charge is 0.439 e. The van der Waals surface area contributed by atoms with Gasteiger partial charge in [0.25, 0.3) is 0 Å². The van der Waals surface area contributed by atoms with Crippen LogP contribution in [0.5, 0.6) is 5.75 Å². The van der Waals surface area contributed by atoms with Crippen LogP contribution in [-0.2, 0) is 0 Å². The molecule has 0 saturated carbocycles. The maximum Gasteiger partial charge on any atom is 0.205 e. The van der Waals surface area contributed by atoms with E-state index < -0.39 is 0 Å². The Hall–Kier alpha value is -3.29. The van der Waals surface area contributed by atoms with E-state index in [0.717, 1.165) is 37.0 Å². The van der Waals surface area contributed by atoms with Gasteiger partial charge in [0.15, 0.2) is 5.75 Å². The van der Waals surface area contributed by atoms with E-state index in [1.165, 1.54) is 0 Å². The Kier molecular flexibility index (Phi) is 3.24. The summed E-state index contributed by atoms with van der Waals surface area (Å²) in [6, 6.07) is 24.8. The topological polar surface area (TPSA) is 59.0 Å². The Morgan fingerprint density at radius 2 is 1.65 bits per heavy atom. The van der Waals surface area contributed by atoms with Gasteiger partial charge in [-0.3, -0.25) is 0 Å². The summed E-state index contributed by atoms with van der Waals surface area (Å²) >= 11 is 1.67. The normalized spacial score (nSPS) is 16.3. The lowest BCUT2D eigenvalue weighted by molar-refractivity contribution is 0.402. The lowest BCUT2D eigenvalue weighted by Crippen LogP contribution is -2.19. The SMILES string of the molecule is N#CC1=C(N)Oc2c(sc3ccccc23)[C@@H]1c1cccc2ccccc12. The summed E-state index contributed by atoms with van der Waals surface area (Å²) < 4.78 is 7.03. The zero-order valence-electron chi connectivity index (χ0n) is 13.8. The number of rotatable bonds is 1. The number of hydrogen-bond donors (Lipinski definition) is 1. The quantitative estimate of drug-likeness (QED) is 0.506. The summed E-state index contributed by atoms with van der Waals surface area (Å²) in [5, 5.41) is 13.1. The van der Waals surface area contributed by atoms with Gasteiger partial charge in [-0.15, -0.1) is 11.3 Å². The van der Waals surface area contributed by atoms with Crippen molar-refractivity contribution in [1.82, 2.24) is 0 Å². The molecule has 0 aliphatic carbocycles. The number of ether oxygens (including phenoxy) is 1. The molecule has 0 radical (unpaired) electrons. The van der Waals surface area contributed by atoms with Crippen molar-refractivity contribution < 1.29 is 4.74 Å². The second kappa shape index (κ2) is 5.62. The molecule has 0 spiro atoms. The summed E-state index contributed by atoms with van der Waals surface area (Å²) in [4.78, 5) is 1.04. The van der Waals surface area contributed by atoms with Gasteiger partial charge in [0.2, 0.25) is 5.88 Å². The highest BCUT2D eigenvalue weighted by Crippen LogP contribution is 2.51. The van der Waals surface area contributed by atoms with Gasteiger partial charge in [-0.05, 0) is 28.5 Å². The van der Waals surface area contributed by atoms with Crippen LogP contribution in [0.3, 0.4) is 0 Å². The molecule has 2 N–H and O–H groups in total. The van der Waals surface area contributed by atoms with Crippen molar-refractivity contribution in [3.63, 3.8) is 0 Å². The smallest absolute Gasteiger partial charge is 0.205 e. The van der Waals surface area contributed by atoms with Gasteiger partial charge in [0, 0.05) is 10.1 Å². The molecule has 26 heavy (non-hydrogen) atoms. The highest BCUT2D eigenvalue weighted by molar-refractivity contribution is 7.19. The minimum absolute atomic E-state index is 0.196. The van der Waals surface area contributed by atoms with E-state index in [1.807, 2.05) is 36.4 Å². The Morgan fingerprint density at radius 3 is 2.50 bits per heavy atom. The van der Waals surface area contributed by atoms with Gasteiger partial charge in [-0.2, -0.15) is 5.26 Å². The highest BCUT2D eigenvalue weighted by atomic mass is 32.1. The highest BCUT2D eigenvalue weighted by Gasteiger charge is 2.34. The summed E-state index contributed by atoms with van der Waals surface area (Å²) in [5.41, 5.74) is 7.72. The third kappa shape index (κ3) is 2.05. The van der Waals surface area contributed by atoms with Crippen LogP contribution in [0.15, 0.2) is 78.2 Å². The Bertz CT molecular complexity index is 1240. The number of nitriles is 1. The lowest BCUT2D eigenvalue weighted by Gasteiger charge is -2.24. The first-order chi connectivity index (χ1) is 12.8. The van der Waals surface area contributed by atoms with Crippen molar-refractivity contribution in [3.05, 3.63) is 88.6 Å². The number of nitrogens with two attached hydrogens (primary N) is 1. The maximum atomic E-state index is 9.80. The van der Waals surface area contributed by atoms with Gasteiger partial charge >= 0.3 is 0 Å². The second-order valence-electron chi connectivity index (χ2n) is 6.28. The standard InChI is InChI=1S/C22H14N2OS/c23-12-17-19(15-10-5-7-13-6-1-2-8-14(13)15)21-20(25-22(17)24)16-9-3-4-11-18(16)26-21/h1-11,19H,24H2/t19-/m1/s1. The molecule has 4 heteroatoms. The molecule has 2 heterocycles. The number of hydrogen-bond acceptors (Lipinski definition) is 4. The molecule has 1 aliphatic heterocycles. The molecule has 5 rings (SSSR count). The van der Waals surface area contributed by atoms with Crippen molar-refractivity contribution in [1.29, 1.82) is 5.26 Å². The second-order valence-corrected chi connectivity index (χ2v) is 7.37. The molecule has 0 bridgehead atoms. The van der Waals surface area contributed by atoms with Crippen molar-refractivity contribution in [3.8, 4) is 11.8 Å². The van der Waals surface area contributed by atoms with Gasteiger partial charge < -0.3 is 10.5 Å². The van der Waals surface area contributed by atoms with Crippen LogP contribution < -0.4 is 10.5 Å². The van der Waals surface area contributed by atoms with Crippen LogP contribution in [0.25, 0.3) is 20.9 Å². The molecule has 0 unspecified atom stereocenters. The van der Waals surface area contributed by atoms with Crippen LogP contribution >= 0.6 is 11.3 Å². The van der Waals surface area contributed by atoms with Crippen LogP contribution in [0, 0.1) is 11.3 Å². The number of nitrogens with zero attached hydrogens (tertiary/aromatic N) is 1. The first-order valence-corrected chi connectivity index (χ1v) is 9.16. The molecule has 3 aromatic carbocycles. The third-order valence-corrected chi connectivity index (χ3v) is 6.08. The van der Waals surface area contributed by atoms with Crippen molar-refractivity contribution in [2.75, 3.05) is 0 Å². The summed E-state index contributed by atoms with van der Waals surface area (Å²) in [7, 11) is 0. The summed E-state index contributed by atoms with van der Waals surface area (Å²) in [6.07, 6.45) is 0. The fourth-order valence-electron chi connectivity index (χ4n) is 3.69. The molecule has 0 saturated heterocycles. The predicted molar refractivity (Wildman–Crippen MR) is 105 cm³/mol. The van der Waals surface area contributed by atoms with Gasteiger partial charge in [0.1, 0.15) is 11.6 Å². The first kappa shape index (κ1) is 15.0. The monoisotopic (exact) mass is 354 g/mol. The average molecular weight is 354 g/mol. The minimum Gasteiger partial charge on any atom is -0.439 e. The van der Waals surface area contributed by atoms with Crippen LogP contribution in [0.2, 0.25) is 0 Å². The molecular weight excluding hydrogens is 340 g/mol. The summed E-state index contributed by atoms with van der Waals surface area (Å²) in [5.74, 6) is 0.758. The number of fused-ring (bicyclic) bond motifs is 4. The van der Waals surface area contributed by atoms with E-state index in [2.05, 4.69) is 36.4 Å². The molecule has 1 atom stereocenters. The molecule has 0 amide bonds. The minimum atomic E-state index is -0.216. The fraction of sp³-hybridized carbons (Fsp3) is 0.0455. The van der Waals surface area contributed by atoms with Crippen molar-refractivity contribution in [2.24, 2.45) is 5.73 Å². The van der Waals surface area contributed by atoms with Crippen LogP contribution in [0.4, 0.5) is 0 Å². The van der Waals surface area contributed by atoms with Crippen molar-refractivity contribution >= 4 is 32.2 Å². The predicted octanol–water partition coefficient (Wildman–Crippen LogP) is 5.27. The number of benzene rings is 3. The van der Waals surface area contributed by atoms with Gasteiger partial charge in [0.05, 0.1) is 10.8 Å². The van der Waals surface area contributed by atoms with E-state index >= 15 is 0 Å². The van der Waals surface area contributed by atoms with E-state index in [1.54, 1.807) is 11.3 Å². The molecule has 124 valence electrons. The Morgan fingerprint density at radius 1 is 0.923 bits per heavy atom. The lowest BCUT2D eigenvalue weighted by atomic mass is 9.85. The number of allylic oxidation sites excluding steroid dienone is 1. The average Bonchev–Trinajstić information content (AvgIpc) is 3.05. The van der Waals surface area contributed by atoms with E-state index in [4.69, 9.17) is 10.5 Å². The molecule has 0 fully saturated rings. The molecule has 1 aromatic heterocycles. The fourth-order valence-corrected chi connectivity index (χ4v) is 4.95. The molecule has 4 aromatic rings.